The van der Waals surface area contributed by atoms with Crippen molar-refractivity contribution in [1.29, 1.82) is 0 Å². The lowest BCUT2D eigenvalue weighted by Crippen LogP contribution is -2.47. The van der Waals surface area contributed by atoms with Gasteiger partial charge < -0.3 is 9.47 Å². The van der Waals surface area contributed by atoms with Gasteiger partial charge >= 0.3 is 0 Å². The third-order valence-electron chi connectivity index (χ3n) is 7.28. The monoisotopic (exact) mass is 453 g/mol. The molecule has 0 N–H and O–H groups in total. The fourth-order valence-corrected chi connectivity index (χ4v) is 6.57. The van der Waals surface area contributed by atoms with Crippen LogP contribution in [0.3, 0.4) is 0 Å². The number of benzene rings is 1. The number of fused-ring (bicyclic) bond motifs is 2. The van der Waals surface area contributed by atoms with E-state index in [-0.39, 0.29) is 5.41 Å². The lowest BCUT2D eigenvalue weighted by Gasteiger charge is -2.46. The summed E-state index contributed by atoms with van der Waals surface area (Å²) < 4.78 is 16.3. The molecule has 0 radical (unpaired) electrons. The minimum atomic E-state index is 0.0141. The van der Waals surface area contributed by atoms with Crippen molar-refractivity contribution in [3.63, 3.8) is 0 Å². The predicted molar refractivity (Wildman–Crippen MR) is 130 cm³/mol. The maximum Gasteiger partial charge on any atom is 0.0700 e. The van der Waals surface area contributed by atoms with Gasteiger partial charge in [-0.25, -0.2) is 4.31 Å². The molecule has 1 aromatic heterocycles. The summed E-state index contributed by atoms with van der Waals surface area (Å²) in [5, 5.41) is 4.87. The first kappa shape index (κ1) is 22.2. The summed E-state index contributed by atoms with van der Waals surface area (Å²) in [6, 6.07) is 9.45. The van der Waals surface area contributed by atoms with Crippen molar-refractivity contribution in [2.75, 3.05) is 40.0 Å². The minimum Gasteiger partial charge on any atom is -0.382 e. The highest BCUT2D eigenvalue weighted by molar-refractivity contribution is 7.97. The van der Waals surface area contributed by atoms with Crippen LogP contribution < -0.4 is 0 Å². The lowest BCUT2D eigenvalue weighted by molar-refractivity contribution is 0.0157. The van der Waals surface area contributed by atoms with E-state index in [1.54, 1.807) is 12.7 Å². The van der Waals surface area contributed by atoms with Crippen LogP contribution in [0.15, 0.2) is 40.9 Å². The van der Waals surface area contributed by atoms with Crippen molar-refractivity contribution in [1.82, 2.24) is 14.1 Å². The summed E-state index contributed by atoms with van der Waals surface area (Å²) in [4.78, 5) is 1.31. The topological polar surface area (TPSA) is 39.5 Å². The van der Waals surface area contributed by atoms with Crippen LogP contribution in [-0.4, -0.2) is 54.1 Å². The Hall–Kier alpha value is -1.60. The van der Waals surface area contributed by atoms with Crippen molar-refractivity contribution < 1.29 is 9.47 Å². The molecular weight excluding hydrogens is 418 g/mol. The number of piperidine rings is 1. The Balaban J connectivity index is 1.38. The maximum absolute atomic E-state index is 6.18. The number of hydrogen-bond acceptors (Lipinski definition) is 5. The van der Waals surface area contributed by atoms with Gasteiger partial charge in [0.2, 0.25) is 0 Å². The van der Waals surface area contributed by atoms with Gasteiger partial charge in [0.1, 0.15) is 0 Å². The molecule has 0 bridgehead atoms. The Morgan fingerprint density at radius 3 is 2.75 bits per heavy atom. The van der Waals surface area contributed by atoms with E-state index in [9.17, 15) is 0 Å². The van der Waals surface area contributed by atoms with Crippen LogP contribution in [0.5, 0.6) is 0 Å². The van der Waals surface area contributed by atoms with Gasteiger partial charge in [-0.1, -0.05) is 36.1 Å². The Morgan fingerprint density at radius 2 is 1.97 bits per heavy atom. The highest BCUT2D eigenvalue weighted by Gasteiger charge is 2.44. The van der Waals surface area contributed by atoms with Crippen molar-refractivity contribution >= 4 is 18.0 Å². The SMILES string of the molecule is COCCOC[C@]12Cc3cnn(C4CCCC4)c3C=C1CCN(Sc1ccc(C)cc1)C2. The number of aryl methyl sites for hydroxylation is 1. The van der Waals surface area contributed by atoms with Gasteiger partial charge in [0.25, 0.3) is 0 Å². The molecule has 5 nitrogen and oxygen atoms in total. The largest absolute Gasteiger partial charge is 0.382 e. The predicted octanol–water partition coefficient (Wildman–Crippen LogP) is 5.31. The molecular formula is C26H35N3O2S. The average molecular weight is 454 g/mol. The number of rotatable bonds is 8. The van der Waals surface area contributed by atoms with E-state index in [4.69, 9.17) is 14.6 Å². The van der Waals surface area contributed by atoms with Crippen molar-refractivity contribution in [3.8, 4) is 0 Å². The summed E-state index contributed by atoms with van der Waals surface area (Å²) >= 11 is 1.88. The average Bonchev–Trinajstić information content (AvgIpc) is 3.46. The van der Waals surface area contributed by atoms with Crippen LogP contribution in [0.1, 0.15) is 55.0 Å². The van der Waals surface area contributed by atoms with Crippen LogP contribution in [0.4, 0.5) is 0 Å². The lowest BCUT2D eigenvalue weighted by atomic mass is 9.69. The normalized spacial score (nSPS) is 23.8. The molecule has 1 atom stereocenters. The first-order chi connectivity index (χ1) is 15.7. The zero-order chi connectivity index (χ0) is 22.0. The van der Waals surface area contributed by atoms with Crippen molar-refractivity contribution in [2.45, 2.75) is 56.4 Å². The molecule has 3 aliphatic rings. The third kappa shape index (κ3) is 4.56. The molecule has 0 unspecified atom stereocenters. The van der Waals surface area contributed by atoms with Gasteiger partial charge in [-0.3, -0.25) is 4.68 Å². The molecule has 2 aliphatic carbocycles. The van der Waals surface area contributed by atoms with Crippen molar-refractivity contribution in [2.24, 2.45) is 5.41 Å². The van der Waals surface area contributed by atoms with E-state index in [1.807, 2.05) is 11.9 Å². The summed E-state index contributed by atoms with van der Waals surface area (Å²) in [5.74, 6) is 0. The number of methoxy groups -OCH3 is 1. The first-order valence-electron chi connectivity index (χ1n) is 12.0. The van der Waals surface area contributed by atoms with E-state index in [2.05, 4.69) is 52.4 Å². The molecule has 1 saturated carbocycles. The first-order valence-corrected chi connectivity index (χ1v) is 12.8. The Morgan fingerprint density at radius 1 is 1.16 bits per heavy atom. The smallest absolute Gasteiger partial charge is 0.0700 e. The highest BCUT2D eigenvalue weighted by atomic mass is 32.2. The second-order valence-corrected chi connectivity index (χ2v) is 10.8. The molecule has 32 heavy (non-hydrogen) atoms. The van der Waals surface area contributed by atoms with Crippen LogP contribution >= 0.6 is 11.9 Å². The minimum absolute atomic E-state index is 0.0141. The summed E-state index contributed by atoms with van der Waals surface area (Å²) in [5.41, 5.74) is 5.61. The van der Waals surface area contributed by atoms with Crippen LogP contribution in [0.25, 0.3) is 6.08 Å². The van der Waals surface area contributed by atoms with E-state index in [0.717, 1.165) is 32.5 Å². The maximum atomic E-state index is 6.18. The fraction of sp³-hybridized carbons (Fsp3) is 0.577. The van der Waals surface area contributed by atoms with E-state index in [0.29, 0.717) is 19.3 Å². The Labute approximate surface area is 196 Å². The Bertz CT molecular complexity index is 948. The zero-order valence-electron chi connectivity index (χ0n) is 19.4. The molecule has 172 valence electrons. The fourth-order valence-electron chi connectivity index (χ4n) is 5.52. The number of ether oxygens (including phenoxy) is 2. The number of aromatic nitrogens is 2. The quantitative estimate of drug-likeness (QED) is 0.400. The van der Waals surface area contributed by atoms with E-state index < -0.39 is 0 Å². The van der Waals surface area contributed by atoms with Gasteiger partial charge in [-0.05, 0) is 68.3 Å². The highest BCUT2D eigenvalue weighted by Crippen LogP contribution is 2.47. The Kier molecular flexibility index (Phi) is 6.74. The molecule has 2 fully saturated rings. The molecule has 1 aliphatic heterocycles. The van der Waals surface area contributed by atoms with Crippen LogP contribution in [-0.2, 0) is 15.9 Å². The van der Waals surface area contributed by atoms with Crippen LogP contribution in [0, 0.1) is 12.3 Å². The van der Waals surface area contributed by atoms with Gasteiger partial charge in [0, 0.05) is 30.5 Å². The number of nitrogens with zero attached hydrogens (tertiary/aromatic N) is 3. The summed E-state index contributed by atoms with van der Waals surface area (Å²) in [6.45, 7) is 6.23. The number of hydrogen-bond donors (Lipinski definition) is 0. The molecule has 0 amide bonds. The molecule has 0 spiro atoms. The molecule has 1 saturated heterocycles. The van der Waals surface area contributed by atoms with Gasteiger partial charge in [-0.2, -0.15) is 5.10 Å². The second-order valence-electron chi connectivity index (χ2n) is 9.63. The molecule has 5 rings (SSSR count). The van der Waals surface area contributed by atoms with Crippen LogP contribution in [0.2, 0.25) is 0 Å². The van der Waals surface area contributed by atoms with Gasteiger partial charge in [-0.15, -0.1) is 0 Å². The second kappa shape index (κ2) is 9.72. The molecule has 6 heteroatoms. The summed E-state index contributed by atoms with van der Waals surface area (Å²) in [6.07, 6.45) is 11.9. The third-order valence-corrected chi connectivity index (χ3v) is 8.33. The van der Waals surface area contributed by atoms with Gasteiger partial charge in [0.05, 0.1) is 37.8 Å². The zero-order valence-corrected chi connectivity index (χ0v) is 20.2. The van der Waals surface area contributed by atoms with E-state index in [1.165, 1.54) is 47.4 Å². The summed E-state index contributed by atoms with van der Waals surface area (Å²) in [7, 11) is 1.73. The molecule has 2 aromatic rings. The van der Waals surface area contributed by atoms with E-state index >= 15 is 0 Å². The molecule has 2 heterocycles. The van der Waals surface area contributed by atoms with Crippen molar-refractivity contribution in [3.05, 3.63) is 52.9 Å². The standard InChI is InChI=1S/C26H35N3O2S/c1-20-7-9-24(10-8-20)32-28-12-11-22-15-25-21(17-27-29(25)23-5-3-4-6-23)16-26(22,18-28)19-31-14-13-30-2/h7-10,15,17,23H,3-6,11-14,16,18-19H2,1-2H3/t26-/m1/s1. The molecule has 1 aromatic carbocycles. The van der Waals surface area contributed by atoms with Gasteiger partial charge in [0.15, 0.2) is 0 Å².